The Labute approximate surface area is 146 Å². The molecule has 1 aliphatic heterocycles. The zero-order chi connectivity index (χ0) is 18.6. The van der Waals surface area contributed by atoms with Crippen LogP contribution in [0.5, 0.6) is 0 Å². The Morgan fingerprint density at radius 2 is 2.32 bits per heavy atom. The number of amides is 2. The van der Waals surface area contributed by atoms with Gasteiger partial charge in [-0.2, -0.15) is 5.01 Å². The number of halogens is 1. The third-order valence-electron chi connectivity index (χ3n) is 3.74. The van der Waals surface area contributed by atoms with Crippen LogP contribution in [-0.4, -0.2) is 56.9 Å². The third-order valence-corrected chi connectivity index (χ3v) is 3.91. The van der Waals surface area contributed by atoms with E-state index in [2.05, 4.69) is 15.6 Å². The Kier molecular flexibility index (Phi) is 6.28. The van der Waals surface area contributed by atoms with Crippen molar-refractivity contribution in [3.8, 4) is 0 Å². The van der Waals surface area contributed by atoms with Gasteiger partial charge >= 0.3 is 11.7 Å². The van der Waals surface area contributed by atoms with Gasteiger partial charge in [0.05, 0.1) is 17.9 Å². The summed E-state index contributed by atoms with van der Waals surface area (Å²) in [5, 5.41) is 15.6. The molecule has 2 rings (SSSR count). The molecule has 0 aromatic carbocycles. The lowest BCUT2D eigenvalue weighted by atomic mass is 10.2. The number of alkyl halides is 1. The molecule has 0 aliphatic carbocycles. The summed E-state index contributed by atoms with van der Waals surface area (Å²) in [5.74, 6) is 0.0399. The van der Waals surface area contributed by atoms with E-state index in [0.29, 0.717) is 10.6 Å². The molecule has 3 atom stereocenters. The molecule has 12 heteroatoms. The number of aliphatic hydroxyl groups is 1. The third kappa shape index (κ3) is 4.44. The van der Waals surface area contributed by atoms with Gasteiger partial charge in [-0.3, -0.25) is 14.3 Å². The Balaban J connectivity index is 2.01. The van der Waals surface area contributed by atoms with Gasteiger partial charge in [-0.15, -0.1) is 16.5 Å². The molecule has 0 bridgehead atoms. The van der Waals surface area contributed by atoms with Crippen LogP contribution in [0.2, 0.25) is 0 Å². The van der Waals surface area contributed by atoms with Crippen molar-refractivity contribution in [1.82, 2.24) is 19.9 Å². The first kappa shape index (κ1) is 19.1. The molecule has 11 nitrogen and oxygen atoms in total. The molecule has 1 aliphatic rings. The summed E-state index contributed by atoms with van der Waals surface area (Å²) in [4.78, 5) is 47.7. The average molecular weight is 376 g/mol. The van der Waals surface area contributed by atoms with Crippen LogP contribution in [0.3, 0.4) is 0 Å². The molecule has 0 spiro atoms. The van der Waals surface area contributed by atoms with Crippen molar-refractivity contribution in [2.45, 2.75) is 31.8 Å². The van der Waals surface area contributed by atoms with Crippen molar-refractivity contribution >= 4 is 17.6 Å². The fraction of sp³-hybridized carbons (Fsp3) is 0.615. The highest BCUT2D eigenvalue weighted by Crippen LogP contribution is 2.27. The molecule has 0 saturated carbocycles. The number of aromatic nitrogens is 2. The first-order chi connectivity index (χ1) is 11.9. The van der Waals surface area contributed by atoms with Crippen molar-refractivity contribution in [2.75, 3.05) is 19.0 Å². The number of hydrogen-bond acceptors (Lipinski definition) is 7. The van der Waals surface area contributed by atoms with Crippen LogP contribution in [-0.2, 0) is 4.74 Å². The van der Waals surface area contributed by atoms with E-state index in [4.69, 9.17) is 16.3 Å². The zero-order valence-electron chi connectivity index (χ0n) is 13.3. The molecule has 2 heterocycles. The van der Waals surface area contributed by atoms with Crippen LogP contribution in [0.15, 0.2) is 21.1 Å². The Morgan fingerprint density at radius 1 is 1.60 bits per heavy atom. The van der Waals surface area contributed by atoms with Gasteiger partial charge in [0.15, 0.2) is 0 Å². The van der Waals surface area contributed by atoms with E-state index in [0.717, 1.165) is 0 Å². The van der Waals surface area contributed by atoms with E-state index < -0.39 is 35.7 Å². The number of H-pyrrole nitrogens is 1. The number of rotatable bonds is 6. The summed E-state index contributed by atoms with van der Waals surface area (Å²) in [5.41, 5.74) is -0.830. The van der Waals surface area contributed by atoms with Gasteiger partial charge in [0.1, 0.15) is 12.3 Å². The van der Waals surface area contributed by atoms with Gasteiger partial charge in [-0.05, 0) is 6.92 Å². The summed E-state index contributed by atoms with van der Waals surface area (Å²) in [6.45, 7) is 1.39. The number of urea groups is 1. The number of aryl methyl sites for hydroxylation is 1. The molecule has 25 heavy (non-hydrogen) atoms. The first-order valence-corrected chi connectivity index (χ1v) is 8.01. The second kappa shape index (κ2) is 8.23. The maximum Gasteiger partial charge on any atom is 0.340 e. The molecular formula is C13H18ClN5O6. The van der Waals surface area contributed by atoms with Crippen molar-refractivity contribution in [2.24, 2.45) is 5.29 Å². The molecule has 1 aromatic heterocycles. The highest BCUT2D eigenvalue weighted by atomic mass is 35.5. The molecule has 3 N–H and O–H groups in total. The maximum absolute atomic E-state index is 11.9. The monoisotopic (exact) mass is 375 g/mol. The molecule has 1 aromatic rings. The lowest BCUT2D eigenvalue weighted by Crippen LogP contribution is -2.43. The summed E-state index contributed by atoms with van der Waals surface area (Å²) in [6.07, 6.45) is -1.09. The van der Waals surface area contributed by atoms with Crippen LogP contribution in [0.25, 0.3) is 0 Å². The van der Waals surface area contributed by atoms with Crippen LogP contribution in [0.1, 0.15) is 18.2 Å². The van der Waals surface area contributed by atoms with Crippen molar-refractivity contribution in [3.63, 3.8) is 0 Å². The minimum atomic E-state index is -0.949. The van der Waals surface area contributed by atoms with Gasteiger partial charge < -0.3 is 15.2 Å². The first-order valence-electron chi connectivity index (χ1n) is 7.47. The predicted molar refractivity (Wildman–Crippen MR) is 87.2 cm³/mol. The van der Waals surface area contributed by atoms with Crippen molar-refractivity contribution < 1.29 is 14.6 Å². The molecule has 1 saturated heterocycles. The lowest BCUT2D eigenvalue weighted by Gasteiger charge is -2.18. The van der Waals surface area contributed by atoms with Gasteiger partial charge in [-0.25, -0.2) is 9.59 Å². The minimum absolute atomic E-state index is 0.0399. The molecule has 1 fully saturated rings. The topological polar surface area (TPSA) is 146 Å². The van der Waals surface area contributed by atoms with Crippen molar-refractivity contribution in [1.29, 1.82) is 0 Å². The zero-order valence-corrected chi connectivity index (χ0v) is 14.1. The summed E-state index contributed by atoms with van der Waals surface area (Å²) in [6, 6.07) is -0.771. The number of nitrogens with zero attached hydrogens (tertiary/aromatic N) is 3. The SMILES string of the molecule is Cc1cn([C@H]2CC(O)[C@@H](CNC(=O)N(CCCl)N=O)O2)c(=O)[nH]c1=O. The van der Waals surface area contributed by atoms with E-state index in [1.165, 1.54) is 17.7 Å². The van der Waals surface area contributed by atoms with Crippen LogP contribution in [0.4, 0.5) is 4.79 Å². The smallest absolute Gasteiger partial charge is 0.340 e. The predicted octanol–water partition coefficient (Wildman–Crippen LogP) is -0.575. The highest BCUT2D eigenvalue weighted by Gasteiger charge is 2.36. The number of aliphatic hydroxyl groups excluding tert-OH is 1. The second-order valence-corrected chi connectivity index (χ2v) is 5.87. The average Bonchev–Trinajstić information content (AvgIpc) is 2.94. The number of carbonyl (C=O) groups excluding carboxylic acids is 1. The van der Waals surface area contributed by atoms with E-state index in [-0.39, 0.29) is 25.4 Å². The van der Waals surface area contributed by atoms with Crippen molar-refractivity contribution in [3.05, 3.63) is 37.5 Å². The number of ether oxygens (including phenoxy) is 1. The lowest BCUT2D eigenvalue weighted by molar-refractivity contribution is -0.0184. The van der Waals surface area contributed by atoms with Crippen LogP contribution in [0, 0.1) is 11.8 Å². The minimum Gasteiger partial charge on any atom is -0.390 e. The van der Waals surface area contributed by atoms with Crippen LogP contribution < -0.4 is 16.6 Å². The number of hydrogen-bond donors (Lipinski definition) is 3. The van der Waals surface area contributed by atoms with Crippen LogP contribution >= 0.6 is 11.6 Å². The van der Waals surface area contributed by atoms with Gasteiger partial charge in [-0.1, -0.05) is 0 Å². The molecule has 0 radical (unpaired) electrons. The summed E-state index contributed by atoms with van der Waals surface area (Å²) < 4.78 is 6.76. The largest absolute Gasteiger partial charge is 0.390 e. The number of nitrogens with one attached hydrogen (secondary N) is 2. The Bertz CT molecular complexity index is 749. The fourth-order valence-electron chi connectivity index (χ4n) is 2.41. The van der Waals surface area contributed by atoms with E-state index in [1.54, 1.807) is 0 Å². The number of nitroso groups, excluding NO2 is 1. The highest BCUT2D eigenvalue weighted by molar-refractivity contribution is 6.18. The van der Waals surface area contributed by atoms with Gasteiger partial charge in [0, 0.05) is 30.6 Å². The quantitative estimate of drug-likeness (QED) is 0.344. The molecular weight excluding hydrogens is 358 g/mol. The summed E-state index contributed by atoms with van der Waals surface area (Å²) >= 11 is 5.45. The maximum atomic E-state index is 11.9. The Morgan fingerprint density at radius 3 is 2.96 bits per heavy atom. The van der Waals surface area contributed by atoms with Gasteiger partial charge in [0.25, 0.3) is 5.56 Å². The standard InChI is InChI=1S/C13H18ClN5O6/c1-7-6-18(13(23)16-11(7)21)10-4-8(20)9(25-10)5-15-12(22)19(17-24)3-2-14/h6,8-10,20H,2-5H2,1H3,(H,15,22)(H,16,21,23)/t8?,9-,10-/m1/s1. The molecule has 2 amide bonds. The normalized spacial score (nSPS) is 22.6. The Hall–Kier alpha value is -2.24. The number of aromatic amines is 1. The van der Waals surface area contributed by atoms with Gasteiger partial charge in [0.2, 0.25) is 0 Å². The summed E-state index contributed by atoms with van der Waals surface area (Å²) in [7, 11) is 0. The number of carbonyl (C=O) groups is 1. The second-order valence-electron chi connectivity index (χ2n) is 5.49. The molecule has 1 unspecified atom stereocenters. The fourth-order valence-corrected chi connectivity index (χ4v) is 2.57. The van der Waals surface area contributed by atoms with E-state index >= 15 is 0 Å². The van der Waals surface area contributed by atoms with E-state index in [9.17, 15) is 24.4 Å². The van der Waals surface area contributed by atoms with E-state index in [1.807, 2.05) is 0 Å². The molecule has 138 valence electrons.